The highest BCUT2D eigenvalue weighted by Gasteiger charge is 2.11. The number of phenols is 1. The van der Waals surface area contributed by atoms with Crippen LogP contribution in [0, 0.1) is 12.7 Å². The average Bonchev–Trinajstić information content (AvgIpc) is 2.38. The van der Waals surface area contributed by atoms with E-state index in [9.17, 15) is 14.3 Å². The van der Waals surface area contributed by atoms with Gasteiger partial charge in [0.25, 0.3) is 5.91 Å². The lowest BCUT2D eigenvalue weighted by atomic mass is 10.1. The Balaban J connectivity index is 2.26. The molecule has 19 heavy (non-hydrogen) atoms. The Morgan fingerprint density at radius 3 is 2.74 bits per heavy atom. The minimum atomic E-state index is -0.651. The monoisotopic (exact) mass is 279 g/mol. The van der Waals surface area contributed by atoms with Crippen molar-refractivity contribution in [1.82, 2.24) is 0 Å². The van der Waals surface area contributed by atoms with Gasteiger partial charge in [-0.1, -0.05) is 17.7 Å². The van der Waals surface area contributed by atoms with E-state index < -0.39 is 11.7 Å². The van der Waals surface area contributed by atoms with Gasteiger partial charge in [0.1, 0.15) is 11.6 Å². The van der Waals surface area contributed by atoms with E-state index in [4.69, 9.17) is 11.6 Å². The number of halogens is 2. The predicted octanol–water partition coefficient (Wildman–Crippen LogP) is 3.75. The van der Waals surface area contributed by atoms with Crippen molar-refractivity contribution in [2.75, 3.05) is 5.32 Å². The number of phenolic OH excluding ortho intramolecular Hbond substituents is 1. The average molecular weight is 280 g/mol. The molecule has 2 rings (SSSR count). The summed E-state index contributed by atoms with van der Waals surface area (Å²) in [6.45, 7) is 1.67. The summed E-state index contributed by atoms with van der Waals surface area (Å²) in [5.74, 6) is -1.04. The molecule has 0 fully saturated rings. The number of aromatic hydroxyl groups is 1. The van der Waals surface area contributed by atoms with Crippen molar-refractivity contribution in [2.24, 2.45) is 0 Å². The first kappa shape index (κ1) is 13.4. The number of nitrogens with one attached hydrogen (secondary N) is 1. The van der Waals surface area contributed by atoms with E-state index in [-0.39, 0.29) is 16.3 Å². The van der Waals surface area contributed by atoms with Crippen LogP contribution in [0.2, 0.25) is 5.02 Å². The van der Waals surface area contributed by atoms with Crippen LogP contribution in [-0.4, -0.2) is 11.0 Å². The lowest BCUT2D eigenvalue weighted by molar-refractivity contribution is 0.102. The number of hydrogen-bond acceptors (Lipinski definition) is 2. The van der Waals surface area contributed by atoms with E-state index in [1.54, 1.807) is 19.1 Å². The fourth-order valence-electron chi connectivity index (χ4n) is 1.59. The third kappa shape index (κ3) is 2.85. The van der Waals surface area contributed by atoms with Crippen molar-refractivity contribution >= 4 is 23.2 Å². The molecular weight excluding hydrogens is 269 g/mol. The van der Waals surface area contributed by atoms with E-state index in [0.717, 1.165) is 6.07 Å². The Morgan fingerprint density at radius 2 is 2.05 bits per heavy atom. The number of carbonyl (C=O) groups is 1. The molecule has 0 saturated heterocycles. The highest BCUT2D eigenvalue weighted by atomic mass is 35.5. The summed E-state index contributed by atoms with van der Waals surface area (Å²) in [4.78, 5) is 11.9. The Kier molecular flexibility index (Phi) is 3.71. The first-order chi connectivity index (χ1) is 8.99. The molecule has 2 aromatic rings. The molecule has 0 saturated carbocycles. The maximum Gasteiger partial charge on any atom is 0.255 e. The summed E-state index contributed by atoms with van der Waals surface area (Å²) in [7, 11) is 0. The number of amides is 1. The SMILES string of the molecule is Cc1c(O)cccc1NC(=O)c1ccc(Cl)c(F)c1. The number of hydrogen-bond donors (Lipinski definition) is 2. The smallest absolute Gasteiger partial charge is 0.255 e. The third-order valence-corrected chi connectivity index (χ3v) is 3.04. The molecule has 0 bridgehead atoms. The van der Waals surface area contributed by atoms with Gasteiger partial charge in [0.2, 0.25) is 0 Å². The predicted molar refractivity (Wildman–Crippen MR) is 72.2 cm³/mol. The van der Waals surface area contributed by atoms with E-state index in [0.29, 0.717) is 11.3 Å². The fourth-order valence-corrected chi connectivity index (χ4v) is 1.71. The van der Waals surface area contributed by atoms with Gasteiger partial charge in [-0.25, -0.2) is 4.39 Å². The van der Waals surface area contributed by atoms with Crippen LogP contribution in [0.3, 0.4) is 0 Å². The first-order valence-corrected chi connectivity index (χ1v) is 5.92. The van der Waals surface area contributed by atoms with E-state index >= 15 is 0 Å². The lowest BCUT2D eigenvalue weighted by Gasteiger charge is -2.09. The molecule has 5 heteroatoms. The molecule has 0 aliphatic carbocycles. The van der Waals surface area contributed by atoms with Gasteiger partial charge in [-0.3, -0.25) is 4.79 Å². The topological polar surface area (TPSA) is 49.3 Å². The molecule has 0 heterocycles. The molecule has 2 N–H and O–H groups in total. The summed E-state index contributed by atoms with van der Waals surface area (Å²) < 4.78 is 13.3. The maximum atomic E-state index is 13.3. The molecule has 0 spiro atoms. The zero-order chi connectivity index (χ0) is 14.0. The normalized spacial score (nSPS) is 10.3. The quantitative estimate of drug-likeness (QED) is 0.880. The molecule has 98 valence electrons. The van der Waals surface area contributed by atoms with Crippen LogP contribution in [0.15, 0.2) is 36.4 Å². The Bertz CT molecular complexity index is 643. The van der Waals surface area contributed by atoms with Crippen LogP contribution in [0.4, 0.5) is 10.1 Å². The van der Waals surface area contributed by atoms with Gasteiger partial charge in [0.05, 0.1) is 5.02 Å². The molecule has 1 amide bonds. The van der Waals surface area contributed by atoms with Crippen molar-refractivity contribution in [2.45, 2.75) is 6.92 Å². The molecule has 0 aromatic heterocycles. The zero-order valence-corrected chi connectivity index (χ0v) is 10.8. The van der Waals surface area contributed by atoms with Crippen LogP contribution in [0.5, 0.6) is 5.75 Å². The van der Waals surface area contributed by atoms with Crippen molar-refractivity contribution in [3.8, 4) is 5.75 Å². The number of rotatable bonds is 2. The molecule has 0 atom stereocenters. The van der Waals surface area contributed by atoms with Gasteiger partial charge in [0, 0.05) is 16.8 Å². The molecule has 0 aliphatic rings. The van der Waals surface area contributed by atoms with Gasteiger partial charge in [-0.2, -0.15) is 0 Å². The van der Waals surface area contributed by atoms with Crippen LogP contribution in [0.1, 0.15) is 15.9 Å². The van der Waals surface area contributed by atoms with Gasteiger partial charge < -0.3 is 10.4 Å². The fraction of sp³-hybridized carbons (Fsp3) is 0.0714. The van der Waals surface area contributed by atoms with Crippen LogP contribution < -0.4 is 5.32 Å². The number of anilines is 1. The lowest BCUT2D eigenvalue weighted by Crippen LogP contribution is -2.13. The summed E-state index contributed by atoms with van der Waals surface area (Å²) in [6, 6.07) is 8.60. The minimum Gasteiger partial charge on any atom is -0.508 e. The zero-order valence-electron chi connectivity index (χ0n) is 10.1. The largest absolute Gasteiger partial charge is 0.508 e. The van der Waals surface area contributed by atoms with E-state index in [2.05, 4.69) is 5.32 Å². The molecule has 3 nitrogen and oxygen atoms in total. The van der Waals surface area contributed by atoms with Crippen LogP contribution in [0.25, 0.3) is 0 Å². The Morgan fingerprint density at radius 1 is 1.32 bits per heavy atom. The summed E-state index contributed by atoms with van der Waals surface area (Å²) >= 11 is 5.55. The molecule has 0 unspecified atom stereocenters. The molecule has 0 radical (unpaired) electrons. The molecular formula is C14H11ClFNO2. The first-order valence-electron chi connectivity index (χ1n) is 5.54. The van der Waals surface area contributed by atoms with Gasteiger partial charge in [-0.15, -0.1) is 0 Å². The van der Waals surface area contributed by atoms with Crippen molar-refractivity contribution in [3.05, 3.63) is 58.4 Å². The number of benzene rings is 2. The van der Waals surface area contributed by atoms with Crippen molar-refractivity contribution in [3.63, 3.8) is 0 Å². The van der Waals surface area contributed by atoms with Crippen LogP contribution in [-0.2, 0) is 0 Å². The van der Waals surface area contributed by atoms with Gasteiger partial charge in [0.15, 0.2) is 0 Å². The molecule has 2 aromatic carbocycles. The van der Waals surface area contributed by atoms with Gasteiger partial charge in [-0.05, 0) is 37.3 Å². The Labute approximate surface area is 114 Å². The standard InChI is InChI=1S/C14H11ClFNO2/c1-8-12(3-2-4-13(8)18)17-14(19)9-5-6-10(15)11(16)7-9/h2-7,18H,1H3,(H,17,19). The second-order valence-corrected chi connectivity index (χ2v) is 4.44. The summed E-state index contributed by atoms with van der Waals surface area (Å²) in [6.07, 6.45) is 0. The third-order valence-electron chi connectivity index (χ3n) is 2.74. The Hall–Kier alpha value is -2.07. The maximum absolute atomic E-state index is 13.3. The summed E-state index contributed by atoms with van der Waals surface area (Å²) in [5.41, 5.74) is 1.18. The van der Waals surface area contributed by atoms with E-state index in [1.807, 2.05) is 0 Å². The number of carbonyl (C=O) groups excluding carboxylic acids is 1. The van der Waals surface area contributed by atoms with Crippen LogP contribution >= 0.6 is 11.6 Å². The molecule has 0 aliphatic heterocycles. The highest BCUT2D eigenvalue weighted by molar-refractivity contribution is 6.30. The second kappa shape index (κ2) is 5.28. The van der Waals surface area contributed by atoms with Crippen molar-refractivity contribution < 1.29 is 14.3 Å². The highest BCUT2D eigenvalue weighted by Crippen LogP contribution is 2.24. The summed E-state index contributed by atoms with van der Waals surface area (Å²) in [5, 5.41) is 12.1. The van der Waals surface area contributed by atoms with Crippen molar-refractivity contribution in [1.29, 1.82) is 0 Å². The van der Waals surface area contributed by atoms with Gasteiger partial charge >= 0.3 is 0 Å². The second-order valence-electron chi connectivity index (χ2n) is 4.03. The minimum absolute atomic E-state index is 0.0370. The van der Waals surface area contributed by atoms with E-state index in [1.165, 1.54) is 18.2 Å².